The molecule has 8 heteroatoms. The number of nitrogens with one attached hydrogen (secondary N) is 1. The summed E-state index contributed by atoms with van der Waals surface area (Å²) in [7, 11) is 3.94. The fourth-order valence-corrected chi connectivity index (χ4v) is 4.05. The Balaban J connectivity index is 2.17. The van der Waals surface area contributed by atoms with Gasteiger partial charge in [-0.1, -0.05) is 39.9 Å². The van der Waals surface area contributed by atoms with E-state index in [1.54, 1.807) is 42.5 Å². The van der Waals surface area contributed by atoms with Crippen molar-refractivity contribution in [1.82, 2.24) is 4.90 Å². The van der Waals surface area contributed by atoms with Crippen LogP contribution in [0.25, 0.3) is 5.76 Å². The lowest BCUT2D eigenvalue weighted by Gasteiger charge is -2.28. The largest absolute Gasteiger partial charge is 0.872 e. The van der Waals surface area contributed by atoms with E-state index in [0.29, 0.717) is 48.9 Å². The van der Waals surface area contributed by atoms with Gasteiger partial charge in [-0.2, -0.15) is 0 Å². The zero-order valence-corrected chi connectivity index (χ0v) is 20.9. The van der Waals surface area contributed by atoms with Gasteiger partial charge in [-0.15, -0.1) is 0 Å². The van der Waals surface area contributed by atoms with Crippen molar-refractivity contribution in [2.45, 2.75) is 19.9 Å². The Morgan fingerprint density at radius 3 is 2.27 bits per heavy atom. The molecular formula is C25H29BrN2O5. The first-order valence-corrected chi connectivity index (χ1v) is 11.8. The van der Waals surface area contributed by atoms with Crippen molar-refractivity contribution in [3.8, 4) is 11.5 Å². The molecule has 0 saturated carbocycles. The molecule has 1 heterocycles. The molecule has 2 aromatic carbocycles. The van der Waals surface area contributed by atoms with Crippen molar-refractivity contribution >= 4 is 33.4 Å². The van der Waals surface area contributed by atoms with Gasteiger partial charge in [0.1, 0.15) is 0 Å². The van der Waals surface area contributed by atoms with Gasteiger partial charge in [0, 0.05) is 10.0 Å². The summed E-state index contributed by atoms with van der Waals surface area (Å²) in [5, 5.41) is 13.4. The summed E-state index contributed by atoms with van der Waals surface area (Å²) in [5.74, 6) is -0.777. The van der Waals surface area contributed by atoms with Gasteiger partial charge >= 0.3 is 0 Å². The van der Waals surface area contributed by atoms with Crippen LogP contribution in [-0.2, 0) is 9.59 Å². The molecule has 1 saturated heterocycles. The number of nitrogens with zero attached hydrogens (tertiary/aromatic N) is 1. The number of likely N-dealkylation sites (tertiary alicyclic amines) is 1. The number of rotatable bonds is 9. The van der Waals surface area contributed by atoms with Crippen molar-refractivity contribution < 1.29 is 29.1 Å². The molecule has 1 aliphatic heterocycles. The third-order valence-electron chi connectivity index (χ3n) is 5.37. The number of ether oxygens (including phenoxy) is 2. The second kappa shape index (κ2) is 10.9. The van der Waals surface area contributed by atoms with Gasteiger partial charge in [-0.05, 0) is 49.2 Å². The number of hydrogen-bond donors (Lipinski definition) is 1. The highest BCUT2D eigenvalue weighted by Crippen LogP contribution is 2.41. The summed E-state index contributed by atoms with van der Waals surface area (Å²) in [6.07, 6.45) is 0. The molecule has 1 amide bonds. The van der Waals surface area contributed by atoms with E-state index < -0.39 is 23.5 Å². The van der Waals surface area contributed by atoms with Crippen LogP contribution in [0.5, 0.6) is 11.5 Å². The molecule has 7 nitrogen and oxygen atoms in total. The minimum Gasteiger partial charge on any atom is -0.872 e. The Morgan fingerprint density at radius 1 is 1.03 bits per heavy atom. The van der Waals surface area contributed by atoms with E-state index in [9.17, 15) is 14.7 Å². The van der Waals surface area contributed by atoms with Crippen LogP contribution in [0.3, 0.4) is 0 Å². The third-order valence-corrected chi connectivity index (χ3v) is 5.90. The predicted octanol–water partition coefficient (Wildman–Crippen LogP) is 1.61. The van der Waals surface area contributed by atoms with Crippen molar-refractivity contribution in [2.75, 3.05) is 40.4 Å². The Morgan fingerprint density at radius 2 is 1.67 bits per heavy atom. The predicted molar refractivity (Wildman–Crippen MR) is 127 cm³/mol. The standard InChI is InChI=1S/C25H29BrN2O5/c1-5-32-19-12-9-17(15-20(19)33-6-2)22-21(23(29)16-7-10-18(26)11-8-16)24(30)25(31)28(22)14-13-27(3)4/h7-12,15,22,29H,5-6,13-14H2,1-4H3. The highest BCUT2D eigenvalue weighted by Gasteiger charge is 2.44. The molecular weight excluding hydrogens is 488 g/mol. The van der Waals surface area contributed by atoms with E-state index in [1.807, 2.05) is 27.9 Å². The van der Waals surface area contributed by atoms with Crippen LogP contribution in [0, 0.1) is 0 Å². The Bertz CT molecular complexity index is 1050. The van der Waals surface area contributed by atoms with Gasteiger partial charge in [0.25, 0.3) is 5.91 Å². The van der Waals surface area contributed by atoms with Crippen LogP contribution >= 0.6 is 15.9 Å². The first kappa shape index (κ1) is 24.8. The fourth-order valence-electron chi connectivity index (χ4n) is 3.79. The summed E-state index contributed by atoms with van der Waals surface area (Å²) >= 11 is 3.36. The Hall–Kier alpha value is -2.84. The van der Waals surface area contributed by atoms with Crippen LogP contribution < -0.4 is 19.5 Å². The average Bonchev–Trinajstić information content (AvgIpc) is 3.04. The number of carbonyl (C=O) groups excluding carboxylic acids is 2. The minimum absolute atomic E-state index is 0.0392. The average molecular weight is 517 g/mol. The van der Waals surface area contributed by atoms with Crippen LogP contribution in [0.4, 0.5) is 0 Å². The van der Waals surface area contributed by atoms with E-state index in [2.05, 4.69) is 15.9 Å². The lowest BCUT2D eigenvalue weighted by atomic mass is 9.95. The minimum atomic E-state index is -0.796. The molecule has 0 aromatic heterocycles. The summed E-state index contributed by atoms with van der Waals surface area (Å²) in [5.41, 5.74) is 0.952. The lowest BCUT2D eigenvalue weighted by molar-refractivity contribution is -0.857. The van der Waals surface area contributed by atoms with E-state index in [4.69, 9.17) is 9.47 Å². The van der Waals surface area contributed by atoms with Gasteiger partial charge < -0.3 is 24.4 Å². The first-order chi connectivity index (χ1) is 15.8. The molecule has 0 bridgehead atoms. The van der Waals surface area contributed by atoms with Gasteiger partial charge in [-0.25, -0.2) is 0 Å². The summed E-state index contributed by atoms with van der Waals surface area (Å²) in [4.78, 5) is 28.7. The van der Waals surface area contributed by atoms with Crippen LogP contribution in [0.2, 0.25) is 0 Å². The molecule has 0 aliphatic carbocycles. The lowest BCUT2D eigenvalue weighted by Crippen LogP contribution is -3.06. The molecule has 1 N–H and O–H groups in total. The molecule has 0 radical (unpaired) electrons. The molecule has 1 atom stereocenters. The van der Waals surface area contributed by atoms with Crippen LogP contribution in [-0.4, -0.2) is 57.0 Å². The van der Waals surface area contributed by atoms with Crippen molar-refractivity contribution in [1.29, 1.82) is 0 Å². The third kappa shape index (κ3) is 5.39. The number of Topliss-reactive ketones (excluding diaryl/α,β-unsaturated/α-hetero) is 1. The number of amides is 1. The number of halogens is 1. The number of likely N-dealkylation sites (N-methyl/N-ethyl adjacent to an activating group) is 1. The van der Waals surface area contributed by atoms with Gasteiger partial charge in [0.15, 0.2) is 11.5 Å². The van der Waals surface area contributed by atoms with Crippen molar-refractivity contribution in [3.63, 3.8) is 0 Å². The summed E-state index contributed by atoms with van der Waals surface area (Å²) in [6, 6.07) is 11.3. The fraction of sp³-hybridized carbons (Fsp3) is 0.360. The molecule has 1 aliphatic rings. The van der Waals surface area contributed by atoms with E-state index in [0.717, 1.165) is 9.37 Å². The number of ketones is 1. The summed E-state index contributed by atoms with van der Waals surface area (Å²) in [6.45, 7) is 5.61. The second-order valence-corrected chi connectivity index (χ2v) is 8.92. The summed E-state index contributed by atoms with van der Waals surface area (Å²) < 4.78 is 12.2. The molecule has 3 rings (SSSR count). The highest BCUT2D eigenvalue weighted by molar-refractivity contribution is 9.10. The zero-order valence-electron chi connectivity index (χ0n) is 19.3. The monoisotopic (exact) mass is 516 g/mol. The van der Waals surface area contributed by atoms with Crippen LogP contribution in [0.1, 0.15) is 31.0 Å². The number of benzene rings is 2. The van der Waals surface area contributed by atoms with Crippen molar-refractivity contribution in [2.24, 2.45) is 0 Å². The van der Waals surface area contributed by atoms with Crippen LogP contribution in [0.15, 0.2) is 52.5 Å². The zero-order chi connectivity index (χ0) is 24.1. The smallest absolute Gasteiger partial charge is 0.295 e. The second-order valence-electron chi connectivity index (χ2n) is 8.01. The maximum absolute atomic E-state index is 13.4. The number of quaternary nitrogens is 1. The maximum Gasteiger partial charge on any atom is 0.295 e. The quantitative estimate of drug-likeness (QED) is 0.311. The van der Waals surface area contributed by atoms with E-state index in [1.165, 1.54) is 4.90 Å². The van der Waals surface area contributed by atoms with E-state index in [-0.39, 0.29) is 5.57 Å². The molecule has 176 valence electrons. The van der Waals surface area contributed by atoms with Gasteiger partial charge in [-0.3, -0.25) is 9.59 Å². The maximum atomic E-state index is 13.4. The van der Waals surface area contributed by atoms with Gasteiger partial charge in [0.2, 0.25) is 5.78 Å². The number of carbonyl (C=O) groups is 2. The molecule has 33 heavy (non-hydrogen) atoms. The molecule has 1 unspecified atom stereocenters. The van der Waals surface area contributed by atoms with E-state index >= 15 is 0 Å². The van der Waals surface area contributed by atoms with Crippen molar-refractivity contribution in [3.05, 3.63) is 63.6 Å². The molecule has 0 spiro atoms. The Labute approximate surface area is 202 Å². The number of hydrogen-bond acceptors (Lipinski definition) is 5. The van der Waals surface area contributed by atoms with Gasteiger partial charge in [0.05, 0.1) is 46.4 Å². The Kier molecular flexibility index (Phi) is 8.15. The topological polar surface area (TPSA) is 83.3 Å². The first-order valence-electron chi connectivity index (χ1n) is 11.0. The SMILES string of the molecule is CCOc1ccc(C2C(=C([O-])c3ccc(Br)cc3)C(=O)C(=O)N2CC[NH+](C)C)cc1OCC. The molecule has 1 fully saturated rings. The molecule has 2 aromatic rings. The normalized spacial score (nSPS) is 17.6. The highest BCUT2D eigenvalue weighted by atomic mass is 79.9.